The number of aromatic nitrogens is 2. The first-order valence-corrected chi connectivity index (χ1v) is 7.20. The smallest absolute Gasteiger partial charge is 0.359 e. The van der Waals surface area contributed by atoms with Gasteiger partial charge in [-0.15, -0.1) is 0 Å². The predicted octanol–water partition coefficient (Wildman–Crippen LogP) is 1.45. The molecule has 0 bridgehead atoms. The van der Waals surface area contributed by atoms with Crippen LogP contribution < -0.4 is 10.9 Å². The Kier molecular flexibility index (Phi) is 5.62. The van der Waals surface area contributed by atoms with Gasteiger partial charge in [0.2, 0.25) is 0 Å². The molecule has 1 heterocycles. The van der Waals surface area contributed by atoms with Crippen LogP contribution in [0.3, 0.4) is 0 Å². The summed E-state index contributed by atoms with van der Waals surface area (Å²) in [6, 6.07) is 11.4. The third-order valence-corrected chi connectivity index (χ3v) is 2.90. The number of hydrogen-bond donors (Lipinski definition) is 1. The van der Waals surface area contributed by atoms with Crippen molar-refractivity contribution in [1.82, 2.24) is 9.78 Å². The van der Waals surface area contributed by atoms with Crippen LogP contribution in [-0.4, -0.2) is 28.3 Å². The Morgan fingerprint density at radius 1 is 1.17 bits per heavy atom. The Morgan fingerprint density at radius 2 is 1.91 bits per heavy atom. The van der Waals surface area contributed by atoms with Gasteiger partial charge >= 0.3 is 5.97 Å². The molecule has 0 aliphatic rings. The lowest BCUT2D eigenvalue weighted by atomic mass is 10.3. The summed E-state index contributed by atoms with van der Waals surface area (Å²) >= 11 is 0. The minimum absolute atomic E-state index is 0.00874. The number of esters is 1. The maximum Gasteiger partial charge on any atom is 0.359 e. The van der Waals surface area contributed by atoms with Gasteiger partial charge < -0.3 is 10.1 Å². The molecule has 7 heteroatoms. The van der Waals surface area contributed by atoms with E-state index < -0.39 is 18.5 Å². The van der Waals surface area contributed by atoms with Crippen LogP contribution in [0.5, 0.6) is 0 Å². The van der Waals surface area contributed by atoms with Gasteiger partial charge in [0.25, 0.3) is 11.5 Å². The summed E-state index contributed by atoms with van der Waals surface area (Å²) in [5.74, 6) is -1.20. The van der Waals surface area contributed by atoms with Crippen LogP contribution >= 0.6 is 0 Å². The van der Waals surface area contributed by atoms with Crippen molar-refractivity contribution in [2.75, 3.05) is 11.9 Å². The van der Waals surface area contributed by atoms with Crippen LogP contribution in [0.25, 0.3) is 0 Å². The fraction of sp³-hybridized carbons (Fsp3) is 0.250. The summed E-state index contributed by atoms with van der Waals surface area (Å²) in [4.78, 5) is 35.1. The zero-order valence-corrected chi connectivity index (χ0v) is 12.7. The van der Waals surface area contributed by atoms with Crippen LogP contribution in [0.2, 0.25) is 0 Å². The zero-order valence-electron chi connectivity index (χ0n) is 12.7. The number of amides is 1. The van der Waals surface area contributed by atoms with Crippen LogP contribution in [0.15, 0.2) is 47.3 Å². The molecule has 0 atom stereocenters. The first-order valence-electron chi connectivity index (χ1n) is 7.20. The van der Waals surface area contributed by atoms with Gasteiger partial charge in [0, 0.05) is 18.3 Å². The van der Waals surface area contributed by atoms with Crippen molar-refractivity contribution in [1.29, 1.82) is 0 Å². The fourth-order valence-corrected chi connectivity index (χ4v) is 1.85. The van der Waals surface area contributed by atoms with E-state index in [0.29, 0.717) is 18.7 Å². The van der Waals surface area contributed by atoms with E-state index in [-0.39, 0.29) is 11.3 Å². The van der Waals surface area contributed by atoms with Crippen LogP contribution in [0.4, 0.5) is 5.69 Å². The second kappa shape index (κ2) is 7.88. The van der Waals surface area contributed by atoms with Gasteiger partial charge in [-0.2, -0.15) is 5.10 Å². The highest BCUT2D eigenvalue weighted by Crippen LogP contribution is 2.04. The minimum atomic E-state index is -0.752. The van der Waals surface area contributed by atoms with E-state index in [1.54, 1.807) is 24.3 Å². The normalized spacial score (nSPS) is 10.1. The molecular weight excluding hydrogens is 298 g/mol. The standard InChI is InChI=1S/C16H17N3O4/c1-2-10-19-15(21)9-8-13(18-19)16(22)23-11-14(20)17-12-6-4-3-5-7-12/h3-9H,2,10-11H2,1H3,(H,17,20). The molecule has 0 aliphatic heterocycles. The van der Waals surface area contributed by atoms with Gasteiger partial charge in [-0.25, -0.2) is 9.48 Å². The number of nitrogens with zero attached hydrogens (tertiary/aromatic N) is 2. The summed E-state index contributed by atoms with van der Waals surface area (Å²) in [6.45, 7) is 1.88. The molecule has 2 rings (SSSR count). The first-order chi connectivity index (χ1) is 11.1. The molecule has 0 saturated heterocycles. The van der Waals surface area contributed by atoms with E-state index in [1.807, 2.05) is 13.0 Å². The molecule has 0 unspecified atom stereocenters. The minimum Gasteiger partial charge on any atom is -0.451 e. The number of rotatable bonds is 6. The van der Waals surface area contributed by atoms with Crippen molar-refractivity contribution < 1.29 is 14.3 Å². The Labute approximate surface area is 132 Å². The number of aryl methyl sites for hydroxylation is 1. The number of benzene rings is 1. The maximum atomic E-state index is 11.9. The molecule has 1 amide bonds. The van der Waals surface area contributed by atoms with Crippen molar-refractivity contribution in [3.05, 3.63) is 58.5 Å². The van der Waals surface area contributed by atoms with Gasteiger partial charge in [-0.1, -0.05) is 25.1 Å². The number of anilines is 1. The highest BCUT2D eigenvalue weighted by atomic mass is 16.5. The summed E-state index contributed by atoms with van der Waals surface area (Å²) in [6.07, 6.45) is 0.713. The SMILES string of the molecule is CCCn1nc(C(=O)OCC(=O)Nc2ccccc2)ccc1=O. The number of ether oxygens (including phenoxy) is 1. The van der Waals surface area contributed by atoms with Crippen LogP contribution in [-0.2, 0) is 16.1 Å². The number of para-hydroxylation sites is 1. The number of carbonyl (C=O) groups is 2. The second-order valence-electron chi connectivity index (χ2n) is 4.77. The summed E-state index contributed by atoms with van der Waals surface area (Å²) < 4.78 is 6.10. The summed E-state index contributed by atoms with van der Waals surface area (Å²) in [5, 5.41) is 6.52. The van der Waals surface area contributed by atoms with Crippen molar-refractivity contribution >= 4 is 17.6 Å². The molecular formula is C16H17N3O4. The summed E-state index contributed by atoms with van der Waals surface area (Å²) in [5.41, 5.74) is 0.318. The molecule has 0 spiro atoms. The Morgan fingerprint density at radius 3 is 2.61 bits per heavy atom. The molecule has 23 heavy (non-hydrogen) atoms. The lowest BCUT2D eigenvalue weighted by molar-refractivity contribution is -0.119. The molecule has 1 aromatic carbocycles. The van der Waals surface area contributed by atoms with E-state index in [9.17, 15) is 14.4 Å². The quantitative estimate of drug-likeness (QED) is 0.815. The first kappa shape index (κ1) is 16.4. The molecule has 2 aromatic rings. The van der Waals surface area contributed by atoms with Crippen molar-refractivity contribution in [3.63, 3.8) is 0 Å². The average Bonchev–Trinajstić information content (AvgIpc) is 2.56. The lowest BCUT2D eigenvalue weighted by Crippen LogP contribution is -2.26. The number of hydrogen-bond acceptors (Lipinski definition) is 5. The van der Waals surface area contributed by atoms with Gasteiger partial charge in [0.05, 0.1) is 0 Å². The van der Waals surface area contributed by atoms with E-state index in [0.717, 1.165) is 0 Å². The highest BCUT2D eigenvalue weighted by Gasteiger charge is 2.13. The largest absolute Gasteiger partial charge is 0.451 e. The van der Waals surface area contributed by atoms with Gasteiger partial charge in [0.1, 0.15) is 0 Å². The molecule has 0 saturated carbocycles. The number of carbonyl (C=O) groups excluding carboxylic acids is 2. The topological polar surface area (TPSA) is 90.3 Å². The van der Waals surface area contributed by atoms with Gasteiger partial charge in [-0.05, 0) is 24.6 Å². The van der Waals surface area contributed by atoms with Crippen LogP contribution in [0.1, 0.15) is 23.8 Å². The molecule has 0 radical (unpaired) electrons. The molecule has 1 N–H and O–H groups in total. The lowest BCUT2D eigenvalue weighted by Gasteiger charge is -2.07. The Balaban J connectivity index is 1.93. The van der Waals surface area contributed by atoms with Crippen molar-refractivity contribution in [2.24, 2.45) is 0 Å². The van der Waals surface area contributed by atoms with E-state index in [4.69, 9.17) is 4.74 Å². The summed E-state index contributed by atoms with van der Waals surface area (Å²) in [7, 11) is 0. The predicted molar refractivity (Wildman–Crippen MR) is 84.1 cm³/mol. The van der Waals surface area contributed by atoms with Gasteiger partial charge in [-0.3, -0.25) is 9.59 Å². The maximum absolute atomic E-state index is 11.9. The fourth-order valence-electron chi connectivity index (χ4n) is 1.85. The van der Waals surface area contributed by atoms with Crippen molar-refractivity contribution in [2.45, 2.75) is 19.9 Å². The molecule has 0 aliphatic carbocycles. The van der Waals surface area contributed by atoms with E-state index >= 15 is 0 Å². The monoisotopic (exact) mass is 315 g/mol. The molecule has 120 valence electrons. The van der Waals surface area contributed by atoms with E-state index in [1.165, 1.54) is 16.8 Å². The van der Waals surface area contributed by atoms with Crippen LogP contribution in [0, 0.1) is 0 Å². The highest BCUT2D eigenvalue weighted by molar-refractivity contribution is 5.94. The van der Waals surface area contributed by atoms with Gasteiger partial charge in [0.15, 0.2) is 12.3 Å². The number of nitrogens with one attached hydrogen (secondary N) is 1. The Hall–Kier alpha value is -2.96. The molecule has 7 nitrogen and oxygen atoms in total. The molecule has 1 aromatic heterocycles. The Bertz CT molecular complexity index is 740. The van der Waals surface area contributed by atoms with Crippen molar-refractivity contribution in [3.8, 4) is 0 Å². The average molecular weight is 315 g/mol. The third-order valence-electron chi connectivity index (χ3n) is 2.90. The molecule has 0 fully saturated rings. The van der Waals surface area contributed by atoms with E-state index in [2.05, 4.69) is 10.4 Å². The zero-order chi connectivity index (χ0) is 16.7. The second-order valence-corrected chi connectivity index (χ2v) is 4.77. The third kappa shape index (κ3) is 4.77.